The number of pyridine rings is 1. The first-order chi connectivity index (χ1) is 13.3. The predicted octanol–water partition coefficient (Wildman–Crippen LogP) is 3.65. The summed E-state index contributed by atoms with van der Waals surface area (Å²) in [5.41, 5.74) is 7.06. The molecule has 1 aliphatic rings. The molecule has 5 rings (SSSR count). The van der Waals surface area contributed by atoms with Gasteiger partial charge in [0, 0.05) is 35.5 Å². The molecule has 132 valence electrons. The van der Waals surface area contributed by atoms with Crippen molar-refractivity contribution in [1.29, 1.82) is 0 Å². The smallest absolute Gasteiger partial charge is 0.251 e. The molecular weight excluding hydrogens is 336 g/mol. The summed E-state index contributed by atoms with van der Waals surface area (Å²) in [4.78, 5) is 17.0. The fraction of sp³-hybridized carbons (Fsp3) is 0.136. The lowest BCUT2D eigenvalue weighted by Crippen LogP contribution is -2.24. The maximum atomic E-state index is 12.9. The summed E-state index contributed by atoms with van der Waals surface area (Å²) < 4.78 is 0. The lowest BCUT2D eigenvalue weighted by Gasteiger charge is -2.12. The van der Waals surface area contributed by atoms with Gasteiger partial charge in [-0.2, -0.15) is 5.10 Å². The zero-order valence-electron chi connectivity index (χ0n) is 14.7. The number of benzene rings is 2. The summed E-state index contributed by atoms with van der Waals surface area (Å²) in [6.07, 6.45) is 5.21. The van der Waals surface area contributed by atoms with E-state index in [1.807, 2.05) is 30.3 Å². The number of nitrogens with one attached hydrogen (secondary N) is 2. The molecule has 2 N–H and O–H groups in total. The van der Waals surface area contributed by atoms with Crippen LogP contribution >= 0.6 is 0 Å². The van der Waals surface area contributed by atoms with Gasteiger partial charge in [-0.3, -0.25) is 14.9 Å². The Morgan fingerprint density at radius 2 is 2.00 bits per heavy atom. The number of aryl methyl sites for hydroxylation is 1. The van der Waals surface area contributed by atoms with Crippen LogP contribution in [0.15, 0.2) is 60.9 Å². The third-order valence-electron chi connectivity index (χ3n) is 5.17. The average Bonchev–Trinajstić information content (AvgIpc) is 3.08. The Labute approximate surface area is 156 Å². The number of hydrogen-bond donors (Lipinski definition) is 2. The Bertz CT molecular complexity index is 1150. The van der Waals surface area contributed by atoms with Gasteiger partial charge in [-0.1, -0.05) is 30.3 Å². The fourth-order valence-electron chi connectivity index (χ4n) is 3.88. The van der Waals surface area contributed by atoms with Crippen molar-refractivity contribution in [2.45, 2.75) is 19.4 Å². The molecule has 1 amide bonds. The lowest BCUT2D eigenvalue weighted by atomic mass is 9.96. The number of carbonyl (C=O) groups excluding carboxylic acids is 1. The van der Waals surface area contributed by atoms with E-state index in [1.54, 1.807) is 12.4 Å². The van der Waals surface area contributed by atoms with Crippen LogP contribution in [0.1, 0.15) is 27.0 Å². The minimum atomic E-state index is -0.0616. The Balaban J connectivity index is 1.52. The van der Waals surface area contributed by atoms with Gasteiger partial charge in [0.05, 0.1) is 5.52 Å². The van der Waals surface area contributed by atoms with Crippen molar-refractivity contribution in [3.8, 4) is 11.3 Å². The van der Waals surface area contributed by atoms with E-state index in [2.05, 4.69) is 38.7 Å². The van der Waals surface area contributed by atoms with Crippen molar-refractivity contribution < 1.29 is 4.79 Å². The van der Waals surface area contributed by atoms with Gasteiger partial charge in [-0.25, -0.2) is 0 Å². The molecular formula is C22H18N4O. The topological polar surface area (TPSA) is 70.7 Å². The molecule has 5 heteroatoms. The zero-order chi connectivity index (χ0) is 18.2. The summed E-state index contributed by atoms with van der Waals surface area (Å²) in [6.45, 7) is 0.462. The van der Waals surface area contributed by atoms with Crippen molar-refractivity contribution in [2.24, 2.45) is 0 Å². The van der Waals surface area contributed by atoms with E-state index in [1.165, 1.54) is 10.9 Å². The second-order valence-corrected chi connectivity index (χ2v) is 6.79. The van der Waals surface area contributed by atoms with Gasteiger partial charge in [-0.15, -0.1) is 0 Å². The van der Waals surface area contributed by atoms with E-state index in [9.17, 15) is 4.79 Å². The molecule has 0 aliphatic heterocycles. The first-order valence-electron chi connectivity index (χ1n) is 9.06. The van der Waals surface area contributed by atoms with E-state index >= 15 is 0 Å². The van der Waals surface area contributed by atoms with Gasteiger partial charge in [-0.05, 0) is 47.7 Å². The Kier molecular flexibility index (Phi) is 3.71. The first-order valence-corrected chi connectivity index (χ1v) is 9.06. The number of carbonyl (C=O) groups is 1. The molecule has 27 heavy (non-hydrogen) atoms. The number of amides is 1. The second kappa shape index (κ2) is 6.36. The third-order valence-corrected chi connectivity index (χ3v) is 5.17. The van der Waals surface area contributed by atoms with Gasteiger partial charge >= 0.3 is 0 Å². The number of aromatic nitrogens is 3. The van der Waals surface area contributed by atoms with E-state index in [0.717, 1.165) is 46.3 Å². The van der Waals surface area contributed by atoms with Crippen molar-refractivity contribution in [3.05, 3.63) is 83.2 Å². The maximum Gasteiger partial charge on any atom is 0.251 e. The number of hydrogen-bond acceptors (Lipinski definition) is 3. The molecule has 1 aliphatic carbocycles. The van der Waals surface area contributed by atoms with Gasteiger partial charge in [0.1, 0.15) is 5.69 Å². The molecule has 4 aromatic rings. The summed E-state index contributed by atoms with van der Waals surface area (Å²) in [6, 6.07) is 16.0. The molecule has 0 spiro atoms. The Hall–Kier alpha value is -3.47. The fourth-order valence-corrected chi connectivity index (χ4v) is 3.88. The van der Waals surface area contributed by atoms with Crippen LogP contribution in [0.2, 0.25) is 0 Å². The van der Waals surface area contributed by atoms with Gasteiger partial charge in [0.2, 0.25) is 0 Å². The summed E-state index contributed by atoms with van der Waals surface area (Å²) in [5, 5.41) is 11.9. The minimum Gasteiger partial charge on any atom is -0.348 e. The van der Waals surface area contributed by atoms with E-state index in [-0.39, 0.29) is 5.91 Å². The lowest BCUT2D eigenvalue weighted by molar-refractivity contribution is 0.0950. The second-order valence-electron chi connectivity index (χ2n) is 6.79. The van der Waals surface area contributed by atoms with Gasteiger partial charge in [0.15, 0.2) is 0 Å². The van der Waals surface area contributed by atoms with E-state index in [4.69, 9.17) is 0 Å². The average molecular weight is 354 g/mol. The van der Waals surface area contributed by atoms with Crippen LogP contribution in [0.4, 0.5) is 0 Å². The van der Waals surface area contributed by atoms with Gasteiger partial charge in [0.25, 0.3) is 5.91 Å². The highest BCUT2D eigenvalue weighted by Gasteiger charge is 2.23. The molecule has 5 nitrogen and oxygen atoms in total. The third kappa shape index (κ3) is 2.68. The normalized spacial score (nSPS) is 12.4. The SMILES string of the molecule is O=C(NCc1cccnc1)c1cccc2c1CCc1cccc3[nH]nc-2c13. The summed E-state index contributed by atoms with van der Waals surface area (Å²) in [5.74, 6) is -0.0616. The number of fused-ring (bicyclic) bond motifs is 2. The highest BCUT2D eigenvalue weighted by atomic mass is 16.1. The van der Waals surface area contributed by atoms with Gasteiger partial charge < -0.3 is 5.32 Å². The number of nitrogens with zero attached hydrogens (tertiary/aromatic N) is 2. The van der Waals surface area contributed by atoms with Crippen LogP contribution in [0.25, 0.3) is 22.2 Å². The van der Waals surface area contributed by atoms with Crippen LogP contribution in [-0.4, -0.2) is 21.1 Å². The van der Waals surface area contributed by atoms with Crippen molar-refractivity contribution in [2.75, 3.05) is 0 Å². The van der Waals surface area contributed by atoms with Crippen LogP contribution in [0.5, 0.6) is 0 Å². The molecule has 0 unspecified atom stereocenters. The van der Waals surface area contributed by atoms with Crippen molar-refractivity contribution in [1.82, 2.24) is 20.5 Å². The highest BCUT2D eigenvalue weighted by molar-refractivity contribution is 6.01. The van der Waals surface area contributed by atoms with Crippen molar-refractivity contribution >= 4 is 16.8 Å². The molecule has 2 heterocycles. The van der Waals surface area contributed by atoms with Crippen LogP contribution in [0.3, 0.4) is 0 Å². The molecule has 2 aromatic carbocycles. The number of H-pyrrole nitrogens is 1. The van der Waals surface area contributed by atoms with Crippen LogP contribution < -0.4 is 5.32 Å². The molecule has 0 saturated heterocycles. The quantitative estimate of drug-likeness (QED) is 0.590. The minimum absolute atomic E-state index is 0.0616. The molecule has 0 atom stereocenters. The largest absolute Gasteiger partial charge is 0.348 e. The zero-order valence-corrected chi connectivity index (χ0v) is 14.7. The summed E-state index contributed by atoms with van der Waals surface area (Å²) in [7, 11) is 0. The van der Waals surface area contributed by atoms with Crippen LogP contribution in [0, 0.1) is 0 Å². The highest BCUT2D eigenvalue weighted by Crippen LogP contribution is 2.36. The molecule has 2 aromatic heterocycles. The monoisotopic (exact) mass is 354 g/mol. The number of rotatable bonds is 3. The Morgan fingerprint density at radius 1 is 1.07 bits per heavy atom. The first kappa shape index (κ1) is 15.8. The molecule has 0 fully saturated rings. The Morgan fingerprint density at radius 3 is 2.89 bits per heavy atom. The van der Waals surface area contributed by atoms with Crippen molar-refractivity contribution in [3.63, 3.8) is 0 Å². The van der Waals surface area contributed by atoms with Crippen LogP contribution in [-0.2, 0) is 19.4 Å². The molecule has 0 radical (unpaired) electrons. The maximum absolute atomic E-state index is 12.9. The summed E-state index contributed by atoms with van der Waals surface area (Å²) >= 11 is 0. The standard InChI is InChI=1S/C22H18N4O/c27-22(24-13-14-4-3-11-23-12-14)18-7-2-6-17-16(18)10-9-15-5-1-8-19-20(15)21(17)26-25-19/h1-8,11-12H,9-10,13H2,(H,24,27)(H,25,26). The van der Waals surface area contributed by atoms with E-state index < -0.39 is 0 Å². The molecule has 0 saturated carbocycles. The predicted molar refractivity (Wildman–Crippen MR) is 104 cm³/mol. The van der Waals surface area contributed by atoms with E-state index in [0.29, 0.717) is 6.54 Å². The molecule has 0 bridgehead atoms. The number of aromatic amines is 1.